The number of carbonyl (C=O) groups excluding carboxylic acids is 1. The van der Waals surface area contributed by atoms with Gasteiger partial charge in [0, 0.05) is 31.4 Å². The number of anilines is 1. The van der Waals surface area contributed by atoms with Crippen molar-refractivity contribution in [2.45, 2.75) is 64.4 Å². The Labute approximate surface area is 178 Å². The summed E-state index contributed by atoms with van der Waals surface area (Å²) in [4.78, 5) is 19.3. The lowest BCUT2D eigenvalue weighted by Crippen LogP contribution is -2.45. The SMILES string of the molecule is CC1CN(c2ccc(CNC(=O)c3ccc(OC4CCCC4)cc3)cn2)CC(C)O1. The Morgan fingerprint density at radius 1 is 1.10 bits per heavy atom. The second-order valence-electron chi connectivity index (χ2n) is 8.42. The van der Waals surface area contributed by atoms with E-state index in [9.17, 15) is 4.79 Å². The van der Waals surface area contributed by atoms with Crippen LogP contribution in [0.1, 0.15) is 55.5 Å². The van der Waals surface area contributed by atoms with Gasteiger partial charge in [-0.25, -0.2) is 4.98 Å². The van der Waals surface area contributed by atoms with Gasteiger partial charge in [0.2, 0.25) is 0 Å². The largest absolute Gasteiger partial charge is 0.490 e. The lowest BCUT2D eigenvalue weighted by molar-refractivity contribution is -0.00546. The number of amides is 1. The third kappa shape index (κ3) is 5.30. The highest BCUT2D eigenvalue weighted by molar-refractivity contribution is 5.94. The van der Waals surface area contributed by atoms with Crippen molar-refractivity contribution >= 4 is 11.7 Å². The van der Waals surface area contributed by atoms with Crippen molar-refractivity contribution in [2.75, 3.05) is 18.0 Å². The summed E-state index contributed by atoms with van der Waals surface area (Å²) in [6.07, 6.45) is 7.28. The topological polar surface area (TPSA) is 63.7 Å². The molecule has 2 fully saturated rings. The van der Waals surface area contributed by atoms with Crippen molar-refractivity contribution in [3.05, 3.63) is 53.7 Å². The quantitative estimate of drug-likeness (QED) is 0.783. The monoisotopic (exact) mass is 409 g/mol. The van der Waals surface area contributed by atoms with Crippen LogP contribution in [0.5, 0.6) is 5.75 Å². The normalized spacial score (nSPS) is 22.1. The van der Waals surface area contributed by atoms with Gasteiger partial charge in [0.25, 0.3) is 5.91 Å². The molecular weight excluding hydrogens is 378 g/mol. The molecule has 30 heavy (non-hydrogen) atoms. The highest BCUT2D eigenvalue weighted by atomic mass is 16.5. The van der Waals surface area contributed by atoms with Gasteiger partial charge in [0.15, 0.2) is 0 Å². The zero-order chi connectivity index (χ0) is 20.9. The molecule has 2 aliphatic rings. The molecule has 0 radical (unpaired) electrons. The molecule has 0 spiro atoms. The standard InChI is InChI=1S/C24H31N3O3/c1-17-15-27(16-18(2)29-17)23-12-7-19(13-25-23)14-26-24(28)20-8-10-22(11-9-20)30-21-5-3-4-6-21/h7-13,17-18,21H,3-6,14-16H2,1-2H3,(H,26,28). The maximum Gasteiger partial charge on any atom is 0.251 e. The number of nitrogens with one attached hydrogen (secondary N) is 1. The number of benzene rings is 1. The summed E-state index contributed by atoms with van der Waals surface area (Å²) in [6.45, 7) is 6.30. The predicted molar refractivity (Wildman–Crippen MR) is 117 cm³/mol. The molecule has 1 aromatic heterocycles. The number of hydrogen-bond acceptors (Lipinski definition) is 5. The molecule has 1 saturated carbocycles. The maximum atomic E-state index is 12.5. The van der Waals surface area contributed by atoms with Gasteiger partial charge in [-0.05, 0) is 75.4 Å². The summed E-state index contributed by atoms with van der Waals surface area (Å²) >= 11 is 0. The summed E-state index contributed by atoms with van der Waals surface area (Å²) in [5, 5.41) is 2.97. The fourth-order valence-electron chi connectivity index (χ4n) is 4.24. The first-order valence-corrected chi connectivity index (χ1v) is 11.0. The number of hydrogen-bond donors (Lipinski definition) is 1. The van der Waals surface area contributed by atoms with Gasteiger partial charge in [-0.3, -0.25) is 4.79 Å². The first-order chi connectivity index (χ1) is 14.6. The van der Waals surface area contributed by atoms with E-state index in [1.165, 1.54) is 12.8 Å². The van der Waals surface area contributed by atoms with Gasteiger partial charge in [0.05, 0.1) is 18.3 Å². The molecule has 2 heterocycles. The van der Waals surface area contributed by atoms with Gasteiger partial charge < -0.3 is 19.7 Å². The fourth-order valence-corrected chi connectivity index (χ4v) is 4.24. The van der Waals surface area contributed by atoms with E-state index >= 15 is 0 Å². The Balaban J connectivity index is 1.28. The molecule has 160 valence electrons. The molecule has 0 bridgehead atoms. The van der Waals surface area contributed by atoms with Crippen LogP contribution in [-0.4, -0.2) is 42.3 Å². The fraction of sp³-hybridized carbons (Fsp3) is 0.500. The van der Waals surface area contributed by atoms with Crippen molar-refractivity contribution < 1.29 is 14.3 Å². The van der Waals surface area contributed by atoms with Crippen LogP contribution in [0.4, 0.5) is 5.82 Å². The van der Waals surface area contributed by atoms with E-state index in [-0.39, 0.29) is 18.1 Å². The van der Waals surface area contributed by atoms with Gasteiger partial charge in [-0.15, -0.1) is 0 Å². The number of ether oxygens (including phenoxy) is 2. The molecule has 4 rings (SSSR count). The Bertz CT molecular complexity index is 822. The number of carbonyl (C=O) groups is 1. The lowest BCUT2D eigenvalue weighted by Gasteiger charge is -2.36. The minimum Gasteiger partial charge on any atom is -0.490 e. The second kappa shape index (κ2) is 9.47. The minimum atomic E-state index is -0.0951. The van der Waals surface area contributed by atoms with Crippen LogP contribution in [0.3, 0.4) is 0 Å². The Morgan fingerprint density at radius 2 is 1.80 bits per heavy atom. The van der Waals surface area contributed by atoms with Crippen LogP contribution >= 0.6 is 0 Å². The Morgan fingerprint density at radius 3 is 2.43 bits per heavy atom. The summed E-state index contributed by atoms with van der Waals surface area (Å²) in [5.41, 5.74) is 1.61. The van der Waals surface area contributed by atoms with Crippen LogP contribution in [0.25, 0.3) is 0 Å². The Kier molecular flexibility index (Phi) is 6.53. The van der Waals surface area contributed by atoms with E-state index in [4.69, 9.17) is 9.47 Å². The third-order valence-electron chi connectivity index (χ3n) is 5.73. The van der Waals surface area contributed by atoms with Crippen molar-refractivity contribution in [3.8, 4) is 5.75 Å². The molecule has 2 unspecified atom stereocenters. The molecule has 6 nitrogen and oxygen atoms in total. The average molecular weight is 410 g/mol. The van der Waals surface area contributed by atoms with Crippen LogP contribution in [0.15, 0.2) is 42.6 Å². The van der Waals surface area contributed by atoms with Crippen molar-refractivity contribution in [2.24, 2.45) is 0 Å². The first-order valence-electron chi connectivity index (χ1n) is 11.0. The molecule has 1 aromatic carbocycles. The van der Waals surface area contributed by atoms with Gasteiger partial charge >= 0.3 is 0 Å². The van der Waals surface area contributed by atoms with Crippen molar-refractivity contribution in [1.82, 2.24) is 10.3 Å². The van der Waals surface area contributed by atoms with E-state index < -0.39 is 0 Å². The number of aromatic nitrogens is 1. The molecule has 1 aliphatic heterocycles. The number of pyridine rings is 1. The molecule has 1 N–H and O–H groups in total. The second-order valence-corrected chi connectivity index (χ2v) is 8.42. The minimum absolute atomic E-state index is 0.0951. The summed E-state index contributed by atoms with van der Waals surface area (Å²) < 4.78 is 11.7. The van der Waals surface area contributed by atoms with Crippen LogP contribution in [-0.2, 0) is 11.3 Å². The smallest absolute Gasteiger partial charge is 0.251 e. The maximum absolute atomic E-state index is 12.5. The number of morpholine rings is 1. The van der Waals surface area contributed by atoms with Crippen LogP contribution < -0.4 is 15.0 Å². The van der Waals surface area contributed by atoms with Gasteiger partial charge in [-0.2, -0.15) is 0 Å². The Hall–Kier alpha value is -2.60. The summed E-state index contributed by atoms with van der Waals surface area (Å²) in [7, 11) is 0. The summed E-state index contributed by atoms with van der Waals surface area (Å²) in [5.74, 6) is 1.69. The first kappa shape index (κ1) is 20.7. The molecule has 2 atom stereocenters. The van der Waals surface area contributed by atoms with E-state index in [0.717, 1.165) is 43.1 Å². The van der Waals surface area contributed by atoms with Gasteiger partial charge in [-0.1, -0.05) is 6.07 Å². The lowest BCUT2D eigenvalue weighted by atomic mass is 10.2. The van der Waals surface area contributed by atoms with Crippen molar-refractivity contribution in [3.63, 3.8) is 0 Å². The van der Waals surface area contributed by atoms with Crippen LogP contribution in [0, 0.1) is 0 Å². The molecule has 1 saturated heterocycles. The van der Waals surface area contributed by atoms with Gasteiger partial charge in [0.1, 0.15) is 11.6 Å². The average Bonchev–Trinajstić information content (AvgIpc) is 3.25. The molecule has 1 amide bonds. The predicted octanol–water partition coefficient (Wildman–Crippen LogP) is 3.95. The van der Waals surface area contributed by atoms with E-state index in [2.05, 4.69) is 29.0 Å². The molecule has 2 aromatic rings. The number of rotatable bonds is 6. The summed E-state index contributed by atoms with van der Waals surface area (Å²) in [6, 6.07) is 11.4. The molecule has 1 aliphatic carbocycles. The third-order valence-corrected chi connectivity index (χ3v) is 5.73. The highest BCUT2D eigenvalue weighted by Gasteiger charge is 2.23. The molecule has 6 heteroatoms. The van der Waals surface area contributed by atoms with Crippen LogP contribution in [0.2, 0.25) is 0 Å². The van der Waals surface area contributed by atoms with E-state index in [1.54, 1.807) is 0 Å². The highest BCUT2D eigenvalue weighted by Crippen LogP contribution is 2.24. The zero-order valence-corrected chi connectivity index (χ0v) is 17.8. The van der Waals surface area contributed by atoms with E-state index in [0.29, 0.717) is 18.2 Å². The number of nitrogens with zero attached hydrogens (tertiary/aromatic N) is 2. The van der Waals surface area contributed by atoms with E-state index in [1.807, 2.05) is 42.6 Å². The zero-order valence-electron chi connectivity index (χ0n) is 17.8. The van der Waals surface area contributed by atoms with Crippen molar-refractivity contribution in [1.29, 1.82) is 0 Å². The molecular formula is C24H31N3O3.